The molecule has 0 aliphatic heterocycles. The first kappa shape index (κ1) is 14.4. The molecule has 0 heterocycles. The van der Waals surface area contributed by atoms with Gasteiger partial charge in [0.1, 0.15) is 10.9 Å². The third-order valence-corrected chi connectivity index (χ3v) is 2.71. The van der Waals surface area contributed by atoms with Crippen LogP contribution in [0.2, 0.25) is 0 Å². The lowest BCUT2D eigenvalue weighted by atomic mass is 10.1. The van der Waals surface area contributed by atoms with E-state index < -0.39 is 10.9 Å². The molecule has 1 aromatic carbocycles. The van der Waals surface area contributed by atoms with E-state index in [2.05, 4.69) is 0 Å². The van der Waals surface area contributed by atoms with Gasteiger partial charge in [-0.05, 0) is 12.5 Å². The zero-order valence-corrected chi connectivity index (χ0v) is 11.3. The van der Waals surface area contributed by atoms with Crippen molar-refractivity contribution in [1.29, 1.82) is 0 Å². The monoisotopic (exact) mass is 278 g/mol. The lowest BCUT2D eigenvalue weighted by Gasteiger charge is -2.18. The van der Waals surface area contributed by atoms with Crippen molar-refractivity contribution >= 4 is 23.2 Å². The van der Waals surface area contributed by atoms with E-state index in [-0.39, 0.29) is 0 Å². The number of aliphatic hydroxyl groups excluding tert-OH is 1. The van der Waals surface area contributed by atoms with Crippen molar-refractivity contribution in [2.45, 2.75) is 24.3 Å². The van der Waals surface area contributed by atoms with Crippen molar-refractivity contribution in [2.24, 2.45) is 0 Å². The van der Waals surface area contributed by atoms with Crippen LogP contribution in [0.4, 0.5) is 0 Å². The van der Waals surface area contributed by atoms with E-state index in [4.69, 9.17) is 32.7 Å². The lowest BCUT2D eigenvalue weighted by molar-refractivity contribution is 0.183. The summed E-state index contributed by atoms with van der Waals surface area (Å²) in [4.78, 5) is -0.911. The Balaban J connectivity index is 3.09. The first-order valence-corrected chi connectivity index (χ1v) is 6.25. The minimum atomic E-state index is -1.000. The number of alkyl halides is 2. The molecule has 0 aliphatic rings. The molecule has 17 heavy (non-hydrogen) atoms. The third-order valence-electron chi connectivity index (χ3n) is 2.24. The summed E-state index contributed by atoms with van der Waals surface area (Å²) in [5.74, 6) is 1.06. The summed E-state index contributed by atoms with van der Waals surface area (Å²) in [5, 5.41) is 9.90. The van der Waals surface area contributed by atoms with Gasteiger partial charge in [0.05, 0.1) is 13.7 Å². The molecule has 1 N–H and O–H groups in total. The second-order valence-corrected chi connectivity index (χ2v) is 4.67. The van der Waals surface area contributed by atoms with Crippen molar-refractivity contribution < 1.29 is 14.6 Å². The number of hydrogen-bond donors (Lipinski definition) is 1. The fourth-order valence-electron chi connectivity index (χ4n) is 1.42. The Morgan fingerprint density at radius 3 is 2.59 bits per heavy atom. The lowest BCUT2D eigenvalue weighted by Crippen LogP contribution is -2.10. The van der Waals surface area contributed by atoms with Crippen molar-refractivity contribution in [3.63, 3.8) is 0 Å². The highest BCUT2D eigenvalue weighted by Crippen LogP contribution is 2.37. The molecule has 1 unspecified atom stereocenters. The first-order valence-electron chi connectivity index (χ1n) is 5.37. The maximum Gasteiger partial charge on any atom is 0.167 e. The maximum atomic E-state index is 9.90. The van der Waals surface area contributed by atoms with Gasteiger partial charge < -0.3 is 14.6 Å². The normalized spacial score (nSPS) is 12.6. The molecule has 0 saturated heterocycles. The minimum absolute atomic E-state index is 0.496. The molecule has 3 nitrogen and oxygen atoms in total. The standard InChI is InChI=1S/C12H16Cl2O3/c1-3-7-17-11-8(10(15)12(13)14)5-4-6-9(11)16-2/h4-6,10,12,15H,3,7H2,1-2H3. The average molecular weight is 279 g/mol. The highest BCUT2D eigenvalue weighted by atomic mass is 35.5. The predicted octanol–water partition coefficient (Wildman–Crippen LogP) is 3.32. The Morgan fingerprint density at radius 1 is 1.35 bits per heavy atom. The van der Waals surface area contributed by atoms with Crippen LogP contribution in [0.5, 0.6) is 11.5 Å². The number of para-hydroxylation sites is 1. The van der Waals surface area contributed by atoms with Crippen LogP contribution in [0.3, 0.4) is 0 Å². The van der Waals surface area contributed by atoms with Crippen molar-refractivity contribution in [1.82, 2.24) is 0 Å². The fourth-order valence-corrected chi connectivity index (χ4v) is 1.69. The van der Waals surface area contributed by atoms with Gasteiger partial charge in [-0.3, -0.25) is 0 Å². The Hall–Kier alpha value is -0.640. The second-order valence-electron chi connectivity index (χ2n) is 3.51. The van der Waals surface area contributed by atoms with Gasteiger partial charge in [0.15, 0.2) is 11.5 Å². The molecule has 0 aliphatic carbocycles. The van der Waals surface area contributed by atoms with E-state index >= 15 is 0 Å². The average Bonchev–Trinajstić information content (AvgIpc) is 2.34. The smallest absolute Gasteiger partial charge is 0.167 e. The molecule has 1 atom stereocenters. The summed E-state index contributed by atoms with van der Waals surface area (Å²) >= 11 is 11.4. The maximum absolute atomic E-state index is 9.90. The van der Waals surface area contributed by atoms with Crippen LogP contribution in [0.25, 0.3) is 0 Å². The summed E-state index contributed by atoms with van der Waals surface area (Å²) in [6.07, 6.45) is -0.140. The summed E-state index contributed by atoms with van der Waals surface area (Å²) < 4.78 is 10.8. The summed E-state index contributed by atoms with van der Waals surface area (Å²) in [6.45, 7) is 2.53. The number of ether oxygens (including phenoxy) is 2. The van der Waals surface area contributed by atoms with Gasteiger partial charge in [0.25, 0.3) is 0 Å². The first-order chi connectivity index (χ1) is 8.11. The van der Waals surface area contributed by atoms with Gasteiger partial charge in [-0.2, -0.15) is 0 Å². The zero-order chi connectivity index (χ0) is 12.8. The molecule has 0 spiro atoms. The molecule has 0 saturated carbocycles. The Bertz CT molecular complexity index is 356. The number of halogens is 2. The third kappa shape index (κ3) is 3.66. The number of aliphatic hydroxyl groups is 1. The molecule has 0 radical (unpaired) electrons. The number of hydrogen-bond acceptors (Lipinski definition) is 3. The molecule has 0 bridgehead atoms. The number of rotatable bonds is 6. The molecular formula is C12H16Cl2O3. The molecule has 96 valence electrons. The quantitative estimate of drug-likeness (QED) is 0.812. The van der Waals surface area contributed by atoms with E-state index in [1.807, 2.05) is 6.92 Å². The highest BCUT2D eigenvalue weighted by Gasteiger charge is 2.22. The summed E-state index contributed by atoms with van der Waals surface area (Å²) in [6, 6.07) is 5.24. The van der Waals surface area contributed by atoms with E-state index in [0.29, 0.717) is 23.7 Å². The van der Waals surface area contributed by atoms with Crippen LogP contribution in [0.15, 0.2) is 18.2 Å². The molecular weight excluding hydrogens is 263 g/mol. The Labute approximate surface area is 111 Å². The Morgan fingerprint density at radius 2 is 2.06 bits per heavy atom. The molecule has 1 rings (SSSR count). The summed E-state index contributed by atoms with van der Waals surface area (Å²) in [5.41, 5.74) is 0.535. The SMILES string of the molecule is CCCOc1c(OC)cccc1C(O)C(Cl)Cl. The minimum Gasteiger partial charge on any atom is -0.493 e. The molecule has 1 aromatic rings. The largest absolute Gasteiger partial charge is 0.493 e. The van der Waals surface area contributed by atoms with E-state index in [1.54, 1.807) is 25.3 Å². The van der Waals surface area contributed by atoms with E-state index in [0.717, 1.165) is 6.42 Å². The van der Waals surface area contributed by atoms with Gasteiger partial charge in [0, 0.05) is 5.56 Å². The second kappa shape index (κ2) is 6.94. The number of methoxy groups -OCH3 is 1. The molecule has 0 fully saturated rings. The van der Waals surface area contributed by atoms with Crippen LogP contribution in [-0.4, -0.2) is 23.7 Å². The van der Waals surface area contributed by atoms with Gasteiger partial charge >= 0.3 is 0 Å². The van der Waals surface area contributed by atoms with Crippen LogP contribution < -0.4 is 9.47 Å². The van der Waals surface area contributed by atoms with Gasteiger partial charge in [-0.15, -0.1) is 23.2 Å². The van der Waals surface area contributed by atoms with Gasteiger partial charge in [-0.25, -0.2) is 0 Å². The van der Waals surface area contributed by atoms with Crippen LogP contribution in [0.1, 0.15) is 25.0 Å². The summed E-state index contributed by atoms with van der Waals surface area (Å²) in [7, 11) is 1.54. The van der Waals surface area contributed by atoms with Crippen LogP contribution in [0, 0.1) is 0 Å². The number of benzene rings is 1. The molecule has 0 amide bonds. The molecule has 0 aromatic heterocycles. The fraction of sp³-hybridized carbons (Fsp3) is 0.500. The van der Waals surface area contributed by atoms with E-state index in [9.17, 15) is 5.11 Å². The van der Waals surface area contributed by atoms with Crippen molar-refractivity contribution in [2.75, 3.05) is 13.7 Å². The zero-order valence-electron chi connectivity index (χ0n) is 9.82. The Kier molecular flexibility index (Phi) is 5.89. The van der Waals surface area contributed by atoms with Gasteiger partial charge in [-0.1, -0.05) is 19.1 Å². The van der Waals surface area contributed by atoms with Crippen LogP contribution >= 0.6 is 23.2 Å². The van der Waals surface area contributed by atoms with Crippen LogP contribution in [-0.2, 0) is 0 Å². The van der Waals surface area contributed by atoms with Gasteiger partial charge in [0.2, 0.25) is 0 Å². The topological polar surface area (TPSA) is 38.7 Å². The van der Waals surface area contributed by atoms with Crippen molar-refractivity contribution in [3.8, 4) is 11.5 Å². The molecule has 5 heteroatoms. The van der Waals surface area contributed by atoms with Crippen molar-refractivity contribution in [3.05, 3.63) is 23.8 Å². The predicted molar refractivity (Wildman–Crippen MR) is 69.2 cm³/mol. The van der Waals surface area contributed by atoms with E-state index in [1.165, 1.54) is 0 Å². The highest BCUT2D eigenvalue weighted by molar-refractivity contribution is 6.44.